The standard InChI is InChI=1S/C12H18N6O2/c1-8(2)5-11-15-12(20-17-11)6-14-10-3-4-18(16-10)7-9(13)19/h3-4,8H,5-7H2,1-2H3,(H2,13,19)(H,14,16). The number of carbonyl (C=O) groups excluding carboxylic acids is 1. The highest BCUT2D eigenvalue weighted by Gasteiger charge is 2.08. The Morgan fingerprint density at radius 2 is 2.35 bits per heavy atom. The van der Waals surface area contributed by atoms with E-state index in [-0.39, 0.29) is 6.54 Å². The number of amides is 1. The summed E-state index contributed by atoms with van der Waals surface area (Å²) in [4.78, 5) is 15.0. The van der Waals surface area contributed by atoms with Gasteiger partial charge >= 0.3 is 0 Å². The van der Waals surface area contributed by atoms with Crippen LogP contribution in [0, 0.1) is 5.92 Å². The molecule has 2 aromatic heterocycles. The first kappa shape index (κ1) is 14.0. The van der Waals surface area contributed by atoms with E-state index in [2.05, 4.69) is 34.4 Å². The van der Waals surface area contributed by atoms with E-state index >= 15 is 0 Å². The predicted octanol–water partition coefficient (Wildman–Crippen LogP) is 0.562. The molecule has 0 atom stereocenters. The highest BCUT2D eigenvalue weighted by atomic mass is 16.5. The number of carbonyl (C=O) groups is 1. The molecule has 0 saturated carbocycles. The third kappa shape index (κ3) is 4.08. The Labute approximate surface area is 116 Å². The van der Waals surface area contributed by atoms with Gasteiger partial charge in [0.2, 0.25) is 11.8 Å². The minimum atomic E-state index is -0.435. The molecule has 0 bridgehead atoms. The molecular formula is C12H18N6O2. The van der Waals surface area contributed by atoms with Crippen molar-refractivity contribution < 1.29 is 9.32 Å². The summed E-state index contributed by atoms with van der Waals surface area (Å²) >= 11 is 0. The van der Waals surface area contributed by atoms with Crippen LogP contribution in [0.5, 0.6) is 0 Å². The molecule has 8 heteroatoms. The summed E-state index contributed by atoms with van der Waals surface area (Å²) in [5.74, 6) is 1.88. The summed E-state index contributed by atoms with van der Waals surface area (Å²) in [6, 6.07) is 1.74. The molecule has 0 aliphatic carbocycles. The van der Waals surface area contributed by atoms with E-state index in [1.165, 1.54) is 4.68 Å². The third-order valence-electron chi connectivity index (χ3n) is 2.48. The van der Waals surface area contributed by atoms with Gasteiger partial charge in [-0.3, -0.25) is 9.48 Å². The zero-order valence-electron chi connectivity index (χ0n) is 11.5. The van der Waals surface area contributed by atoms with Crippen LogP contribution in [0.3, 0.4) is 0 Å². The van der Waals surface area contributed by atoms with Crippen LogP contribution in [0.2, 0.25) is 0 Å². The average molecular weight is 278 g/mol. The minimum Gasteiger partial charge on any atom is -0.368 e. The van der Waals surface area contributed by atoms with E-state index in [4.69, 9.17) is 10.3 Å². The molecule has 2 heterocycles. The fourth-order valence-electron chi connectivity index (χ4n) is 1.68. The largest absolute Gasteiger partial charge is 0.368 e. The molecule has 0 aromatic carbocycles. The molecule has 20 heavy (non-hydrogen) atoms. The van der Waals surface area contributed by atoms with Crippen LogP contribution in [-0.4, -0.2) is 25.8 Å². The van der Waals surface area contributed by atoms with Gasteiger partial charge in [0.25, 0.3) is 0 Å². The number of nitrogens with two attached hydrogens (primary N) is 1. The number of primary amides is 1. The molecule has 8 nitrogen and oxygen atoms in total. The van der Waals surface area contributed by atoms with Crippen molar-refractivity contribution in [3.63, 3.8) is 0 Å². The van der Waals surface area contributed by atoms with Crippen molar-refractivity contribution in [2.45, 2.75) is 33.4 Å². The Balaban J connectivity index is 1.87. The Bertz CT molecular complexity index is 574. The summed E-state index contributed by atoms with van der Waals surface area (Å²) in [5, 5.41) is 11.1. The van der Waals surface area contributed by atoms with Gasteiger partial charge in [0.05, 0.1) is 6.54 Å². The average Bonchev–Trinajstić information content (AvgIpc) is 2.94. The summed E-state index contributed by atoms with van der Waals surface area (Å²) in [7, 11) is 0. The maximum atomic E-state index is 10.8. The number of aromatic nitrogens is 4. The minimum absolute atomic E-state index is 0.0563. The molecule has 1 amide bonds. The number of nitrogens with zero attached hydrogens (tertiary/aromatic N) is 4. The molecule has 3 N–H and O–H groups in total. The molecule has 0 spiro atoms. The van der Waals surface area contributed by atoms with Crippen LogP contribution in [0.15, 0.2) is 16.8 Å². The lowest BCUT2D eigenvalue weighted by Crippen LogP contribution is -2.19. The molecule has 0 fully saturated rings. The fourth-order valence-corrected chi connectivity index (χ4v) is 1.68. The molecule has 0 unspecified atom stereocenters. The molecule has 2 aromatic rings. The third-order valence-corrected chi connectivity index (χ3v) is 2.48. The predicted molar refractivity (Wildman–Crippen MR) is 71.6 cm³/mol. The SMILES string of the molecule is CC(C)Cc1noc(CNc2ccn(CC(N)=O)n2)n1. The van der Waals surface area contributed by atoms with Gasteiger partial charge in [-0.2, -0.15) is 10.1 Å². The fraction of sp³-hybridized carbons (Fsp3) is 0.500. The van der Waals surface area contributed by atoms with E-state index in [1.54, 1.807) is 12.3 Å². The Morgan fingerprint density at radius 3 is 3.05 bits per heavy atom. The lowest BCUT2D eigenvalue weighted by molar-refractivity contribution is -0.118. The van der Waals surface area contributed by atoms with E-state index in [0.717, 1.165) is 6.42 Å². The van der Waals surface area contributed by atoms with Gasteiger partial charge < -0.3 is 15.6 Å². The van der Waals surface area contributed by atoms with Crippen molar-refractivity contribution in [2.24, 2.45) is 11.7 Å². The molecular weight excluding hydrogens is 260 g/mol. The highest BCUT2D eigenvalue weighted by molar-refractivity contribution is 5.73. The van der Waals surface area contributed by atoms with Crippen LogP contribution in [-0.2, 0) is 24.3 Å². The van der Waals surface area contributed by atoms with Gasteiger partial charge in [0.1, 0.15) is 12.4 Å². The quantitative estimate of drug-likeness (QED) is 0.765. The van der Waals surface area contributed by atoms with Crippen molar-refractivity contribution in [3.05, 3.63) is 24.0 Å². The van der Waals surface area contributed by atoms with Gasteiger partial charge in [-0.05, 0) is 5.92 Å². The number of rotatable bonds is 7. The Hall–Kier alpha value is -2.38. The number of anilines is 1. The van der Waals surface area contributed by atoms with Crippen LogP contribution >= 0.6 is 0 Å². The van der Waals surface area contributed by atoms with Crippen molar-refractivity contribution >= 4 is 11.7 Å². The molecule has 0 radical (unpaired) electrons. The monoisotopic (exact) mass is 278 g/mol. The maximum absolute atomic E-state index is 10.8. The molecule has 0 aliphatic heterocycles. The molecule has 108 valence electrons. The van der Waals surface area contributed by atoms with E-state index in [1.807, 2.05) is 0 Å². The van der Waals surface area contributed by atoms with Gasteiger partial charge in [-0.25, -0.2) is 0 Å². The first-order valence-electron chi connectivity index (χ1n) is 6.40. The number of hydrogen-bond donors (Lipinski definition) is 2. The van der Waals surface area contributed by atoms with Gasteiger partial charge in [-0.1, -0.05) is 19.0 Å². The van der Waals surface area contributed by atoms with Crippen LogP contribution in [0.1, 0.15) is 25.6 Å². The molecule has 2 rings (SSSR count). The maximum Gasteiger partial charge on any atom is 0.245 e. The first-order chi connectivity index (χ1) is 9.52. The summed E-state index contributed by atoms with van der Waals surface area (Å²) in [6.45, 7) is 4.64. The van der Waals surface area contributed by atoms with Crippen molar-refractivity contribution in [3.8, 4) is 0 Å². The Morgan fingerprint density at radius 1 is 1.55 bits per heavy atom. The molecule has 0 aliphatic rings. The summed E-state index contributed by atoms with van der Waals surface area (Å²) in [5.41, 5.74) is 5.09. The second kappa shape index (κ2) is 6.18. The zero-order chi connectivity index (χ0) is 14.5. The van der Waals surface area contributed by atoms with Crippen LogP contribution in [0.4, 0.5) is 5.82 Å². The normalized spacial score (nSPS) is 10.9. The van der Waals surface area contributed by atoms with Gasteiger partial charge in [-0.15, -0.1) is 0 Å². The lowest BCUT2D eigenvalue weighted by atomic mass is 10.1. The second-order valence-electron chi connectivity index (χ2n) is 4.92. The van der Waals surface area contributed by atoms with Crippen molar-refractivity contribution in [1.29, 1.82) is 0 Å². The van der Waals surface area contributed by atoms with Crippen molar-refractivity contribution in [1.82, 2.24) is 19.9 Å². The highest BCUT2D eigenvalue weighted by Crippen LogP contribution is 2.07. The van der Waals surface area contributed by atoms with E-state index in [0.29, 0.717) is 30.0 Å². The number of hydrogen-bond acceptors (Lipinski definition) is 6. The van der Waals surface area contributed by atoms with E-state index < -0.39 is 5.91 Å². The van der Waals surface area contributed by atoms with Crippen molar-refractivity contribution in [2.75, 3.05) is 5.32 Å². The topological polar surface area (TPSA) is 112 Å². The smallest absolute Gasteiger partial charge is 0.245 e. The summed E-state index contributed by atoms with van der Waals surface area (Å²) < 4.78 is 6.59. The van der Waals surface area contributed by atoms with Gasteiger partial charge in [0, 0.05) is 18.7 Å². The molecule has 0 saturated heterocycles. The Kier molecular flexibility index (Phi) is 4.34. The van der Waals surface area contributed by atoms with Gasteiger partial charge in [0.15, 0.2) is 5.82 Å². The van der Waals surface area contributed by atoms with Crippen LogP contribution in [0.25, 0.3) is 0 Å². The number of nitrogens with one attached hydrogen (secondary N) is 1. The second-order valence-corrected chi connectivity index (χ2v) is 4.92. The lowest BCUT2D eigenvalue weighted by Gasteiger charge is -1.99. The first-order valence-corrected chi connectivity index (χ1v) is 6.40. The van der Waals surface area contributed by atoms with Crippen LogP contribution < -0.4 is 11.1 Å². The zero-order valence-corrected chi connectivity index (χ0v) is 11.5. The summed E-state index contributed by atoms with van der Waals surface area (Å²) in [6.07, 6.45) is 2.46. The van der Waals surface area contributed by atoms with E-state index in [9.17, 15) is 4.79 Å².